The number of hydrogen-bond donors (Lipinski definition) is 0. The molecule has 0 aliphatic rings. The summed E-state index contributed by atoms with van der Waals surface area (Å²) in [6.07, 6.45) is 1.76. The van der Waals surface area contributed by atoms with E-state index in [4.69, 9.17) is 9.68 Å². The van der Waals surface area contributed by atoms with Crippen molar-refractivity contribution < 1.29 is 4.42 Å². The van der Waals surface area contributed by atoms with Crippen LogP contribution in [0.4, 0.5) is 0 Å². The van der Waals surface area contributed by atoms with E-state index in [9.17, 15) is 0 Å². The summed E-state index contributed by atoms with van der Waals surface area (Å²) < 4.78 is 7.61. The third-order valence-corrected chi connectivity index (χ3v) is 3.33. The van der Waals surface area contributed by atoms with Gasteiger partial charge in [-0.05, 0) is 18.2 Å². The monoisotopic (exact) mass is 259 g/mol. The second-order valence-corrected chi connectivity index (χ2v) is 4.51. The zero-order chi connectivity index (χ0) is 13.5. The number of benzene rings is 2. The number of nitrogens with zero attached hydrogens (tertiary/aromatic N) is 3. The maximum absolute atomic E-state index is 8.88. The minimum absolute atomic E-state index is 0.387. The molecular formula is C16H9N3O. The minimum atomic E-state index is 0.387. The molecule has 4 rings (SSSR count). The van der Waals surface area contributed by atoms with Crippen molar-refractivity contribution in [1.82, 2.24) is 9.78 Å². The molecule has 0 aliphatic carbocycles. The summed E-state index contributed by atoms with van der Waals surface area (Å²) >= 11 is 0. The largest absolute Gasteiger partial charge is 0.454 e. The van der Waals surface area contributed by atoms with E-state index < -0.39 is 0 Å². The average Bonchev–Trinajstić information content (AvgIpc) is 3.11. The Labute approximate surface area is 114 Å². The van der Waals surface area contributed by atoms with Gasteiger partial charge in [0.1, 0.15) is 17.3 Å². The molecule has 0 radical (unpaired) electrons. The summed E-state index contributed by atoms with van der Waals surface area (Å²) in [5.41, 5.74) is 2.85. The van der Waals surface area contributed by atoms with Gasteiger partial charge >= 0.3 is 0 Å². The smallest absolute Gasteiger partial charge is 0.162 e. The summed E-state index contributed by atoms with van der Waals surface area (Å²) in [5.74, 6) is 0. The Balaban J connectivity index is 2.07. The molecule has 0 spiro atoms. The van der Waals surface area contributed by atoms with Crippen LogP contribution in [-0.2, 0) is 0 Å². The Morgan fingerprint density at radius 1 is 1.00 bits per heavy atom. The van der Waals surface area contributed by atoms with Gasteiger partial charge in [0.05, 0.1) is 0 Å². The lowest BCUT2D eigenvalue weighted by atomic mass is 10.1. The zero-order valence-corrected chi connectivity index (χ0v) is 10.4. The number of para-hydroxylation sites is 2. The highest BCUT2D eigenvalue weighted by Crippen LogP contribution is 2.32. The number of nitriles is 1. The van der Waals surface area contributed by atoms with Crippen LogP contribution in [0, 0.1) is 11.3 Å². The number of aromatic nitrogens is 2. The fourth-order valence-corrected chi connectivity index (χ4v) is 2.43. The van der Waals surface area contributed by atoms with Gasteiger partial charge in [0, 0.05) is 17.0 Å². The molecule has 94 valence electrons. The summed E-state index contributed by atoms with van der Waals surface area (Å²) in [6, 6.07) is 17.6. The van der Waals surface area contributed by atoms with E-state index >= 15 is 0 Å². The normalized spacial score (nSPS) is 10.9. The molecule has 0 saturated carbocycles. The van der Waals surface area contributed by atoms with Crippen LogP contribution in [0.25, 0.3) is 27.6 Å². The predicted molar refractivity (Wildman–Crippen MR) is 75.6 cm³/mol. The molecule has 2 aromatic heterocycles. The number of furan rings is 1. The van der Waals surface area contributed by atoms with E-state index in [2.05, 4.69) is 5.10 Å². The van der Waals surface area contributed by atoms with Crippen molar-refractivity contribution in [3.8, 4) is 11.8 Å². The topological polar surface area (TPSA) is 54.8 Å². The highest BCUT2D eigenvalue weighted by molar-refractivity contribution is 6.07. The molecule has 4 nitrogen and oxygen atoms in total. The number of rotatable bonds is 1. The van der Waals surface area contributed by atoms with E-state index in [-0.39, 0.29) is 0 Å². The molecular weight excluding hydrogens is 250 g/mol. The summed E-state index contributed by atoms with van der Waals surface area (Å²) in [6.45, 7) is 0. The molecule has 0 saturated heterocycles. The number of fused-ring (bicyclic) bond motifs is 3. The fourth-order valence-electron chi connectivity index (χ4n) is 2.43. The lowest BCUT2D eigenvalue weighted by Gasteiger charge is -2.01. The highest BCUT2D eigenvalue weighted by Gasteiger charge is 2.12. The molecule has 0 unspecified atom stereocenters. The molecule has 2 aromatic carbocycles. The molecule has 2 heterocycles. The third-order valence-electron chi connectivity index (χ3n) is 3.33. The lowest BCUT2D eigenvalue weighted by Crippen LogP contribution is -1.95. The Bertz CT molecular complexity index is 972. The van der Waals surface area contributed by atoms with Crippen LogP contribution >= 0.6 is 0 Å². The van der Waals surface area contributed by atoms with Crippen LogP contribution in [0.3, 0.4) is 0 Å². The van der Waals surface area contributed by atoms with Crippen LogP contribution in [0.5, 0.6) is 0 Å². The van der Waals surface area contributed by atoms with Crippen LogP contribution in [0.1, 0.15) is 5.69 Å². The first-order valence-electron chi connectivity index (χ1n) is 6.23. The van der Waals surface area contributed by atoms with Gasteiger partial charge in [-0.25, -0.2) is 4.68 Å². The fraction of sp³-hybridized carbons (Fsp3) is 0. The van der Waals surface area contributed by atoms with Gasteiger partial charge in [-0.3, -0.25) is 0 Å². The Morgan fingerprint density at radius 3 is 2.70 bits per heavy atom. The minimum Gasteiger partial charge on any atom is -0.454 e. The summed E-state index contributed by atoms with van der Waals surface area (Å²) in [5, 5.41) is 15.2. The van der Waals surface area contributed by atoms with Crippen LogP contribution in [-0.4, -0.2) is 9.78 Å². The van der Waals surface area contributed by atoms with E-state index in [1.54, 1.807) is 16.9 Å². The van der Waals surface area contributed by atoms with E-state index in [1.807, 2.05) is 48.5 Å². The molecule has 0 amide bonds. The maximum Gasteiger partial charge on any atom is 0.162 e. The van der Waals surface area contributed by atoms with Crippen molar-refractivity contribution >= 4 is 21.9 Å². The van der Waals surface area contributed by atoms with Crippen molar-refractivity contribution in [3.63, 3.8) is 0 Å². The molecule has 4 aromatic rings. The van der Waals surface area contributed by atoms with Gasteiger partial charge in [0.25, 0.3) is 0 Å². The molecule has 0 bridgehead atoms. The van der Waals surface area contributed by atoms with Crippen LogP contribution < -0.4 is 0 Å². The van der Waals surface area contributed by atoms with E-state index in [0.29, 0.717) is 5.69 Å². The van der Waals surface area contributed by atoms with Crippen molar-refractivity contribution in [1.29, 1.82) is 5.26 Å². The van der Waals surface area contributed by atoms with Gasteiger partial charge in [0.2, 0.25) is 0 Å². The molecule has 0 N–H and O–H groups in total. The molecule has 4 heteroatoms. The number of hydrogen-bond acceptors (Lipinski definition) is 3. The van der Waals surface area contributed by atoms with Gasteiger partial charge < -0.3 is 4.42 Å². The Kier molecular flexibility index (Phi) is 2.15. The maximum atomic E-state index is 8.88. The van der Waals surface area contributed by atoms with Gasteiger partial charge in [0.15, 0.2) is 11.3 Å². The first kappa shape index (κ1) is 10.8. The second-order valence-electron chi connectivity index (χ2n) is 4.51. The summed E-state index contributed by atoms with van der Waals surface area (Å²) in [4.78, 5) is 0. The Hall–Kier alpha value is -3.06. The van der Waals surface area contributed by atoms with Crippen LogP contribution in [0.2, 0.25) is 0 Å². The van der Waals surface area contributed by atoms with Gasteiger partial charge in [-0.2, -0.15) is 10.4 Å². The quantitative estimate of drug-likeness (QED) is 0.524. The SMILES string of the molecule is N#Cc1ccn(-c2cccc3c2oc2ccccc23)n1. The van der Waals surface area contributed by atoms with E-state index in [0.717, 1.165) is 27.6 Å². The molecule has 0 aliphatic heterocycles. The first-order valence-corrected chi connectivity index (χ1v) is 6.23. The van der Waals surface area contributed by atoms with Gasteiger partial charge in [-0.1, -0.05) is 30.3 Å². The van der Waals surface area contributed by atoms with Crippen molar-refractivity contribution in [2.45, 2.75) is 0 Å². The van der Waals surface area contributed by atoms with Crippen molar-refractivity contribution in [2.75, 3.05) is 0 Å². The first-order chi connectivity index (χ1) is 9.86. The third kappa shape index (κ3) is 1.44. The summed E-state index contributed by atoms with van der Waals surface area (Å²) in [7, 11) is 0. The molecule has 0 fully saturated rings. The molecule has 0 atom stereocenters. The van der Waals surface area contributed by atoms with Crippen molar-refractivity contribution in [2.24, 2.45) is 0 Å². The standard InChI is InChI=1S/C16H9N3O/c17-10-11-8-9-19(18-11)14-6-3-5-13-12-4-1-2-7-15(12)20-16(13)14/h1-9H. The van der Waals surface area contributed by atoms with Crippen LogP contribution in [0.15, 0.2) is 59.1 Å². The van der Waals surface area contributed by atoms with Gasteiger partial charge in [-0.15, -0.1) is 0 Å². The lowest BCUT2D eigenvalue weighted by molar-refractivity contribution is 0.662. The molecule has 20 heavy (non-hydrogen) atoms. The van der Waals surface area contributed by atoms with E-state index in [1.165, 1.54) is 0 Å². The predicted octanol–water partition coefficient (Wildman–Crippen LogP) is 3.64. The second kappa shape index (κ2) is 3.97. The Morgan fingerprint density at radius 2 is 1.85 bits per heavy atom. The van der Waals surface area contributed by atoms with Crippen molar-refractivity contribution in [3.05, 3.63) is 60.4 Å². The zero-order valence-electron chi connectivity index (χ0n) is 10.4. The highest BCUT2D eigenvalue weighted by atomic mass is 16.3. The average molecular weight is 259 g/mol.